The van der Waals surface area contributed by atoms with Gasteiger partial charge in [-0.25, -0.2) is 14.8 Å². The summed E-state index contributed by atoms with van der Waals surface area (Å²) in [7, 11) is 1.29. The van der Waals surface area contributed by atoms with Crippen LogP contribution in [0.2, 0.25) is 15.2 Å². The first kappa shape index (κ1) is 15.1. The maximum Gasteiger partial charge on any atom is 0.337 e. The van der Waals surface area contributed by atoms with Gasteiger partial charge in [0.15, 0.2) is 5.58 Å². The van der Waals surface area contributed by atoms with Crippen LogP contribution in [0.1, 0.15) is 10.4 Å². The minimum absolute atomic E-state index is 0.141. The fraction of sp³-hybridized carbons (Fsp3) is 0.0714. The van der Waals surface area contributed by atoms with E-state index in [1.54, 1.807) is 6.07 Å². The summed E-state index contributed by atoms with van der Waals surface area (Å²) in [6.07, 6.45) is 1.49. The molecule has 0 radical (unpaired) electrons. The number of aromatic nitrogens is 2. The van der Waals surface area contributed by atoms with E-state index >= 15 is 0 Å². The number of ether oxygens (including phenoxy) is 1. The molecule has 0 spiro atoms. The van der Waals surface area contributed by atoms with Crippen LogP contribution in [0.5, 0.6) is 0 Å². The van der Waals surface area contributed by atoms with Gasteiger partial charge in [0.1, 0.15) is 10.7 Å². The predicted molar refractivity (Wildman–Crippen MR) is 83.6 cm³/mol. The Morgan fingerprint density at radius 1 is 1.27 bits per heavy atom. The van der Waals surface area contributed by atoms with Gasteiger partial charge in [0.05, 0.1) is 28.3 Å². The van der Waals surface area contributed by atoms with Crippen molar-refractivity contribution in [3.05, 3.63) is 45.2 Å². The molecule has 0 N–H and O–H groups in total. The number of fused-ring (bicyclic) bond motifs is 1. The monoisotopic (exact) mass is 356 g/mol. The lowest BCUT2D eigenvalue weighted by molar-refractivity contribution is 0.0601. The molecule has 0 aliphatic heterocycles. The molecule has 0 saturated heterocycles. The van der Waals surface area contributed by atoms with E-state index in [1.165, 1.54) is 25.4 Å². The highest BCUT2D eigenvalue weighted by molar-refractivity contribution is 6.42. The highest BCUT2D eigenvalue weighted by atomic mass is 35.5. The van der Waals surface area contributed by atoms with Crippen molar-refractivity contribution in [1.29, 1.82) is 0 Å². The molecule has 0 aliphatic carbocycles. The molecule has 3 rings (SSSR count). The molecule has 0 atom stereocenters. The van der Waals surface area contributed by atoms with Gasteiger partial charge < -0.3 is 9.15 Å². The second kappa shape index (κ2) is 5.76. The van der Waals surface area contributed by atoms with Gasteiger partial charge in [0.25, 0.3) is 0 Å². The first-order chi connectivity index (χ1) is 10.5. The highest BCUT2D eigenvalue weighted by Crippen LogP contribution is 2.35. The van der Waals surface area contributed by atoms with Gasteiger partial charge in [-0.2, -0.15) is 0 Å². The molecule has 0 bridgehead atoms. The first-order valence-corrected chi connectivity index (χ1v) is 7.13. The molecule has 8 heteroatoms. The summed E-state index contributed by atoms with van der Waals surface area (Å²) >= 11 is 18.1. The fourth-order valence-corrected chi connectivity index (χ4v) is 2.53. The summed E-state index contributed by atoms with van der Waals surface area (Å²) in [6, 6.07) is 4.59. The van der Waals surface area contributed by atoms with E-state index in [-0.39, 0.29) is 26.7 Å². The van der Waals surface area contributed by atoms with E-state index < -0.39 is 5.97 Å². The molecule has 0 fully saturated rings. The van der Waals surface area contributed by atoms with Gasteiger partial charge in [-0.1, -0.05) is 34.8 Å². The zero-order valence-electron chi connectivity index (χ0n) is 11.1. The van der Waals surface area contributed by atoms with Crippen molar-refractivity contribution in [2.45, 2.75) is 0 Å². The molecular weight excluding hydrogens is 351 g/mol. The van der Waals surface area contributed by atoms with Crippen molar-refractivity contribution < 1.29 is 13.9 Å². The molecule has 3 aromatic rings. The molecule has 0 unspecified atom stereocenters. The van der Waals surface area contributed by atoms with Gasteiger partial charge in [-0.15, -0.1) is 0 Å². The van der Waals surface area contributed by atoms with Gasteiger partial charge in [-0.05, 0) is 18.2 Å². The van der Waals surface area contributed by atoms with E-state index in [0.717, 1.165) is 0 Å². The molecule has 0 amide bonds. The van der Waals surface area contributed by atoms with E-state index in [0.29, 0.717) is 16.7 Å². The Morgan fingerprint density at radius 3 is 2.77 bits per heavy atom. The molecule has 2 heterocycles. The number of esters is 1. The molecule has 112 valence electrons. The Bertz CT molecular complexity index is 892. The minimum atomic E-state index is -0.515. The molecule has 2 aromatic heterocycles. The summed E-state index contributed by atoms with van der Waals surface area (Å²) in [5.74, 6) is -0.286. The first-order valence-electron chi connectivity index (χ1n) is 6.00. The predicted octanol–water partition coefficient (Wildman–Crippen LogP) is 4.64. The third-order valence-electron chi connectivity index (χ3n) is 2.94. The van der Waals surface area contributed by atoms with Crippen LogP contribution >= 0.6 is 34.8 Å². The fourth-order valence-electron chi connectivity index (χ4n) is 1.93. The maximum absolute atomic E-state index is 11.6. The van der Waals surface area contributed by atoms with Crippen LogP contribution in [0.3, 0.4) is 0 Å². The molecule has 5 nitrogen and oxygen atoms in total. The van der Waals surface area contributed by atoms with Crippen molar-refractivity contribution in [2.24, 2.45) is 0 Å². The molecule has 1 aromatic carbocycles. The lowest BCUT2D eigenvalue weighted by Crippen LogP contribution is -2.00. The van der Waals surface area contributed by atoms with Crippen LogP contribution in [0.25, 0.3) is 22.6 Å². The number of hydrogen-bond acceptors (Lipinski definition) is 5. The number of benzene rings is 1. The van der Waals surface area contributed by atoms with Crippen molar-refractivity contribution in [3.8, 4) is 11.5 Å². The van der Waals surface area contributed by atoms with Crippen molar-refractivity contribution in [3.63, 3.8) is 0 Å². The van der Waals surface area contributed by atoms with Gasteiger partial charge in [0.2, 0.25) is 5.89 Å². The van der Waals surface area contributed by atoms with Crippen molar-refractivity contribution >= 4 is 51.9 Å². The largest absolute Gasteiger partial charge is 0.465 e. The van der Waals surface area contributed by atoms with Crippen LogP contribution in [0.4, 0.5) is 0 Å². The zero-order valence-corrected chi connectivity index (χ0v) is 13.3. The summed E-state index contributed by atoms with van der Waals surface area (Å²) in [4.78, 5) is 19.8. The van der Waals surface area contributed by atoms with Crippen LogP contribution in [0, 0.1) is 0 Å². The highest BCUT2D eigenvalue weighted by Gasteiger charge is 2.18. The van der Waals surface area contributed by atoms with Gasteiger partial charge >= 0.3 is 5.97 Å². The number of carbonyl (C=O) groups is 1. The number of carbonyl (C=O) groups excluding carboxylic acids is 1. The minimum Gasteiger partial charge on any atom is -0.465 e. The Balaban J connectivity index is 2.20. The second-order valence-corrected chi connectivity index (χ2v) is 5.42. The van der Waals surface area contributed by atoms with E-state index in [2.05, 4.69) is 14.7 Å². The van der Waals surface area contributed by atoms with Crippen LogP contribution in [-0.4, -0.2) is 23.0 Å². The lowest BCUT2D eigenvalue weighted by Gasteiger charge is -1.99. The number of hydrogen-bond donors (Lipinski definition) is 0. The molecule has 0 aliphatic rings. The Labute approximate surface area is 139 Å². The van der Waals surface area contributed by atoms with E-state index in [1.807, 2.05) is 0 Å². The number of nitrogens with zero attached hydrogens (tertiary/aromatic N) is 2. The Morgan fingerprint density at radius 2 is 2.05 bits per heavy atom. The van der Waals surface area contributed by atoms with Crippen LogP contribution in [0.15, 0.2) is 28.8 Å². The molecule has 0 saturated carbocycles. The van der Waals surface area contributed by atoms with Crippen LogP contribution in [-0.2, 0) is 4.74 Å². The van der Waals surface area contributed by atoms with E-state index in [4.69, 9.17) is 39.2 Å². The molecular formula is C14H7Cl3N2O3. The second-order valence-electron chi connectivity index (χ2n) is 4.28. The quantitative estimate of drug-likeness (QED) is 0.494. The average Bonchev–Trinajstić information content (AvgIpc) is 2.93. The number of rotatable bonds is 2. The van der Waals surface area contributed by atoms with Crippen molar-refractivity contribution in [1.82, 2.24) is 9.97 Å². The normalized spacial score (nSPS) is 10.9. The smallest absolute Gasteiger partial charge is 0.337 e. The van der Waals surface area contributed by atoms with E-state index in [9.17, 15) is 4.79 Å². The summed E-state index contributed by atoms with van der Waals surface area (Å²) in [5, 5.41) is 0.607. The van der Waals surface area contributed by atoms with Crippen molar-refractivity contribution in [2.75, 3.05) is 7.11 Å². The number of oxazole rings is 1. The number of halogens is 3. The van der Waals surface area contributed by atoms with Gasteiger partial charge in [0, 0.05) is 6.20 Å². The topological polar surface area (TPSA) is 65.2 Å². The zero-order chi connectivity index (χ0) is 15.9. The standard InChI is InChI=1S/C14H7Cl3N2O3/c1-21-14(20)6-4-8(15)11-9(5-6)19-13(22-11)7-2-3-18-12(17)10(7)16/h2-5H,1H3. The third kappa shape index (κ3) is 2.52. The SMILES string of the molecule is COC(=O)c1cc(Cl)c2oc(-c3ccnc(Cl)c3Cl)nc2c1. The summed E-state index contributed by atoms with van der Waals surface area (Å²) in [5.41, 5.74) is 1.51. The third-order valence-corrected chi connectivity index (χ3v) is 3.99. The summed E-state index contributed by atoms with van der Waals surface area (Å²) in [6.45, 7) is 0. The number of pyridine rings is 1. The maximum atomic E-state index is 11.6. The average molecular weight is 358 g/mol. The molecule has 22 heavy (non-hydrogen) atoms. The Hall–Kier alpha value is -1.82. The van der Waals surface area contributed by atoms with Gasteiger partial charge in [-0.3, -0.25) is 0 Å². The lowest BCUT2D eigenvalue weighted by atomic mass is 10.2. The summed E-state index contributed by atoms with van der Waals surface area (Å²) < 4.78 is 10.3. The Kier molecular flexibility index (Phi) is 3.95. The number of methoxy groups -OCH3 is 1. The van der Waals surface area contributed by atoms with Crippen LogP contribution < -0.4 is 0 Å².